The monoisotopic (exact) mass is 294 g/mol. The van der Waals surface area contributed by atoms with Crippen LogP contribution in [0.25, 0.3) is 0 Å². The minimum atomic E-state index is 0.0500. The smallest absolute Gasteiger partial charge is 0.139 e. The summed E-state index contributed by atoms with van der Waals surface area (Å²) in [5.41, 5.74) is 0. The van der Waals surface area contributed by atoms with Gasteiger partial charge in [0.15, 0.2) is 0 Å². The highest BCUT2D eigenvalue weighted by Gasteiger charge is 2.10. The van der Waals surface area contributed by atoms with E-state index in [-0.39, 0.29) is 5.25 Å². The summed E-state index contributed by atoms with van der Waals surface area (Å²) >= 11 is 1.04. The Morgan fingerprint density at radius 2 is 2.00 bits per heavy atom. The molecule has 0 aromatic heterocycles. The predicted octanol–water partition coefficient (Wildman–Crippen LogP) is 4.66. The zero-order valence-electron chi connectivity index (χ0n) is 12.1. The third-order valence-electron chi connectivity index (χ3n) is 2.45. The van der Waals surface area contributed by atoms with Gasteiger partial charge in [-0.3, -0.25) is 0 Å². The summed E-state index contributed by atoms with van der Waals surface area (Å²) in [7, 11) is 0. The molecule has 0 aliphatic carbocycles. The number of hydrogen-bond acceptors (Lipinski definition) is 6. The molecule has 0 aromatic carbocycles. The lowest BCUT2D eigenvalue weighted by molar-refractivity contribution is -0.432. The molecule has 1 atom stereocenters. The molecular formula is C13H26O5S. The number of hydrogen-bond donors (Lipinski definition) is 1. The van der Waals surface area contributed by atoms with Crippen LogP contribution in [0.3, 0.4) is 0 Å². The number of allylic oxidation sites excluding steroid dienone is 1. The van der Waals surface area contributed by atoms with E-state index in [1.165, 1.54) is 0 Å². The summed E-state index contributed by atoms with van der Waals surface area (Å²) in [5.74, 6) is 0.808. The molecule has 0 rings (SSSR count). The third kappa shape index (κ3) is 11.3. The van der Waals surface area contributed by atoms with Crippen LogP contribution in [0.2, 0.25) is 0 Å². The van der Waals surface area contributed by atoms with E-state index in [0.29, 0.717) is 6.61 Å². The first-order valence-electron chi connectivity index (χ1n) is 6.92. The fourth-order valence-corrected chi connectivity index (χ4v) is 1.87. The molecule has 5 nitrogen and oxygen atoms in total. The van der Waals surface area contributed by atoms with Crippen molar-refractivity contribution >= 4 is 12.0 Å². The molecule has 0 heterocycles. The highest BCUT2D eigenvalue weighted by Crippen LogP contribution is 2.21. The first-order chi connectivity index (χ1) is 9.28. The minimum Gasteiger partial charge on any atom is -0.342 e. The van der Waals surface area contributed by atoms with Crippen LogP contribution in [0.1, 0.15) is 59.3 Å². The van der Waals surface area contributed by atoms with Crippen molar-refractivity contribution in [3.8, 4) is 0 Å². The molecule has 0 radical (unpaired) electrons. The van der Waals surface area contributed by atoms with Gasteiger partial charge in [0.25, 0.3) is 0 Å². The fourth-order valence-electron chi connectivity index (χ4n) is 1.39. The van der Waals surface area contributed by atoms with Crippen LogP contribution in [0.5, 0.6) is 0 Å². The lowest BCUT2D eigenvalue weighted by Crippen LogP contribution is -2.03. The second kappa shape index (κ2) is 14.1. The standard InChI is InChI=1S/C13H26O5S/c1-4-7-8-9-12(16-15-10-5-2)11-13(6-3)19-18-17-14/h11,13-14H,4-10H2,1-3H3/b12-11-. The second-order valence-electron chi connectivity index (χ2n) is 4.18. The van der Waals surface area contributed by atoms with Gasteiger partial charge in [-0.1, -0.05) is 38.7 Å². The Morgan fingerprint density at radius 3 is 2.58 bits per heavy atom. The van der Waals surface area contributed by atoms with Gasteiger partial charge in [0.2, 0.25) is 0 Å². The molecule has 0 saturated carbocycles. The van der Waals surface area contributed by atoms with Gasteiger partial charge in [0.05, 0.1) is 11.9 Å². The summed E-state index contributed by atoms with van der Waals surface area (Å²) in [6.45, 7) is 6.78. The second-order valence-corrected chi connectivity index (χ2v) is 5.11. The Bertz CT molecular complexity index is 211. The van der Waals surface area contributed by atoms with Crippen LogP contribution in [0.15, 0.2) is 11.8 Å². The molecule has 0 saturated heterocycles. The van der Waals surface area contributed by atoms with E-state index < -0.39 is 0 Å². The third-order valence-corrected chi connectivity index (χ3v) is 3.30. The molecular weight excluding hydrogens is 268 g/mol. The van der Waals surface area contributed by atoms with Gasteiger partial charge in [-0.25, -0.2) is 5.26 Å². The number of rotatable bonds is 13. The predicted molar refractivity (Wildman–Crippen MR) is 76.0 cm³/mol. The van der Waals surface area contributed by atoms with Gasteiger partial charge < -0.3 is 4.89 Å². The van der Waals surface area contributed by atoms with Crippen molar-refractivity contribution in [1.29, 1.82) is 0 Å². The van der Waals surface area contributed by atoms with E-state index in [4.69, 9.17) is 15.0 Å². The molecule has 0 aromatic rings. The van der Waals surface area contributed by atoms with E-state index >= 15 is 0 Å². The van der Waals surface area contributed by atoms with Crippen LogP contribution in [0, 0.1) is 0 Å². The maximum atomic E-state index is 8.17. The Balaban J connectivity index is 4.29. The summed E-state index contributed by atoms with van der Waals surface area (Å²) in [6.07, 6.45) is 7.93. The van der Waals surface area contributed by atoms with Crippen LogP contribution in [-0.4, -0.2) is 17.1 Å². The first kappa shape index (κ1) is 18.7. The molecule has 1 unspecified atom stereocenters. The summed E-state index contributed by atoms with van der Waals surface area (Å²) in [4.78, 5) is 10.5. The zero-order chi connectivity index (χ0) is 14.3. The van der Waals surface area contributed by atoms with Crippen molar-refractivity contribution in [3.63, 3.8) is 0 Å². The van der Waals surface area contributed by atoms with Gasteiger partial charge in [-0.2, -0.15) is 4.89 Å². The molecule has 19 heavy (non-hydrogen) atoms. The first-order valence-corrected chi connectivity index (χ1v) is 7.72. The molecule has 0 aliphatic heterocycles. The van der Waals surface area contributed by atoms with Crippen molar-refractivity contribution in [3.05, 3.63) is 11.8 Å². The normalized spacial score (nSPS) is 13.6. The zero-order valence-corrected chi connectivity index (χ0v) is 12.9. The molecule has 1 N–H and O–H groups in total. The van der Waals surface area contributed by atoms with Crippen molar-refractivity contribution in [2.75, 3.05) is 6.61 Å². The quantitative estimate of drug-likeness (QED) is 0.175. The van der Waals surface area contributed by atoms with Gasteiger partial charge in [0.1, 0.15) is 5.76 Å². The summed E-state index contributed by atoms with van der Waals surface area (Å²) in [5, 5.41) is 11.8. The largest absolute Gasteiger partial charge is 0.342 e. The van der Waals surface area contributed by atoms with Crippen molar-refractivity contribution in [2.45, 2.75) is 64.5 Å². The summed E-state index contributed by atoms with van der Waals surface area (Å²) < 4.78 is 4.47. The lowest BCUT2D eigenvalue weighted by Gasteiger charge is -2.12. The lowest BCUT2D eigenvalue weighted by atomic mass is 10.1. The fraction of sp³-hybridized carbons (Fsp3) is 0.846. The van der Waals surface area contributed by atoms with Crippen LogP contribution >= 0.6 is 12.0 Å². The van der Waals surface area contributed by atoms with Gasteiger partial charge >= 0.3 is 0 Å². The van der Waals surface area contributed by atoms with Crippen LogP contribution in [-0.2, 0) is 19.1 Å². The van der Waals surface area contributed by atoms with E-state index in [2.05, 4.69) is 16.3 Å². The maximum absolute atomic E-state index is 8.17. The van der Waals surface area contributed by atoms with E-state index in [1.807, 2.05) is 19.9 Å². The molecule has 0 bridgehead atoms. The van der Waals surface area contributed by atoms with Crippen LogP contribution in [0.4, 0.5) is 0 Å². The molecule has 0 aliphatic rings. The average molecular weight is 294 g/mol. The average Bonchev–Trinajstić information content (AvgIpc) is 2.43. The van der Waals surface area contributed by atoms with Crippen molar-refractivity contribution in [2.24, 2.45) is 0 Å². The highest BCUT2D eigenvalue weighted by atomic mass is 32.2. The highest BCUT2D eigenvalue weighted by molar-refractivity contribution is 7.95. The molecule has 6 heteroatoms. The minimum absolute atomic E-state index is 0.0500. The van der Waals surface area contributed by atoms with E-state index in [9.17, 15) is 0 Å². The van der Waals surface area contributed by atoms with E-state index in [0.717, 1.165) is 56.3 Å². The molecule has 0 amide bonds. The van der Waals surface area contributed by atoms with Crippen LogP contribution < -0.4 is 0 Å². The Morgan fingerprint density at radius 1 is 1.21 bits per heavy atom. The number of unbranched alkanes of at least 4 members (excludes halogenated alkanes) is 2. The maximum Gasteiger partial charge on any atom is 0.139 e. The van der Waals surface area contributed by atoms with Crippen molar-refractivity contribution in [1.82, 2.24) is 0 Å². The van der Waals surface area contributed by atoms with Gasteiger partial charge in [-0.05, 0) is 25.3 Å². The van der Waals surface area contributed by atoms with Gasteiger partial charge in [0, 0.05) is 18.5 Å². The topological polar surface area (TPSA) is 57.2 Å². The molecule has 114 valence electrons. The SMILES string of the molecule is CCCCC/C(=C/C(CC)SOOO)OOCCC. The Labute approximate surface area is 120 Å². The Kier molecular flexibility index (Phi) is 13.9. The molecule has 0 fully saturated rings. The van der Waals surface area contributed by atoms with Gasteiger partial charge in [-0.15, -0.1) is 4.33 Å². The Hall–Kier alpha value is -0.270. The van der Waals surface area contributed by atoms with E-state index in [1.54, 1.807) is 0 Å². The summed E-state index contributed by atoms with van der Waals surface area (Å²) in [6, 6.07) is 0. The van der Waals surface area contributed by atoms with Crippen molar-refractivity contribution < 1.29 is 24.4 Å². The molecule has 0 spiro atoms.